The second kappa shape index (κ2) is 9.76. The van der Waals surface area contributed by atoms with Gasteiger partial charge in [0.05, 0.1) is 6.07 Å². The quantitative estimate of drug-likeness (QED) is 0.685. The van der Waals surface area contributed by atoms with Gasteiger partial charge in [0.15, 0.2) is 0 Å². The van der Waals surface area contributed by atoms with Crippen molar-refractivity contribution in [1.82, 2.24) is 14.8 Å². The zero-order valence-electron chi connectivity index (χ0n) is 21.0. The normalized spacial score (nSPS) is 21.7. The molecule has 2 bridgehead atoms. The first-order chi connectivity index (χ1) is 17.0. The maximum atomic E-state index is 14.9. The van der Waals surface area contributed by atoms with E-state index in [1.54, 1.807) is 52.2 Å². The summed E-state index contributed by atoms with van der Waals surface area (Å²) in [5.74, 6) is -0.939. The minimum Gasteiger partial charge on any atom is -0.444 e. The summed E-state index contributed by atoms with van der Waals surface area (Å²) >= 11 is 0. The fraction of sp³-hybridized carbons (Fsp3) is 0.481. The van der Waals surface area contributed by atoms with Gasteiger partial charge in [-0.05, 0) is 74.8 Å². The number of aromatic nitrogens is 1. The van der Waals surface area contributed by atoms with Crippen molar-refractivity contribution < 1.29 is 18.7 Å². The third kappa shape index (κ3) is 5.27. The number of ether oxygens (including phenoxy) is 1. The van der Waals surface area contributed by atoms with E-state index in [1.165, 1.54) is 21.6 Å². The summed E-state index contributed by atoms with van der Waals surface area (Å²) in [6.07, 6.45) is 3.44. The number of nitrogens with zero attached hydrogens (tertiary/aromatic N) is 3. The highest BCUT2D eigenvalue weighted by Gasteiger charge is 2.52. The number of rotatable bonds is 5. The molecule has 190 valence electrons. The lowest BCUT2D eigenvalue weighted by Crippen LogP contribution is -2.55. The van der Waals surface area contributed by atoms with Gasteiger partial charge < -0.3 is 14.6 Å². The largest absolute Gasteiger partial charge is 0.444 e. The Hall–Kier alpha value is -3.67. The first kappa shape index (κ1) is 25.4. The Morgan fingerprint density at radius 1 is 1.22 bits per heavy atom. The van der Waals surface area contributed by atoms with Gasteiger partial charge in [-0.25, -0.2) is 9.18 Å². The van der Waals surface area contributed by atoms with Crippen LogP contribution in [0.5, 0.6) is 0 Å². The van der Waals surface area contributed by atoms with E-state index in [2.05, 4.69) is 5.32 Å². The number of carbonyl (C=O) groups is 2. The molecule has 0 unspecified atom stereocenters. The lowest BCUT2D eigenvalue weighted by Gasteiger charge is -2.35. The van der Waals surface area contributed by atoms with Gasteiger partial charge in [-0.2, -0.15) is 5.26 Å². The molecule has 9 heteroatoms. The monoisotopic (exact) mass is 494 g/mol. The number of likely N-dealkylation sites (tertiary alicyclic amines) is 1. The fourth-order valence-corrected chi connectivity index (χ4v) is 5.13. The summed E-state index contributed by atoms with van der Waals surface area (Å²) in [7, 11) is 1.63. The zero-order valence-corrected chi connectivity index (χ0v) is 21.0. The van der Waals surface area contributed by atoms with Crippen LogP contribution in [0, 0.1) is 23.1 Å². The zero-order chi connectivity index (χ0) is 26.2. The van der Waals surface area contributed by atoms with Gasteiger partial charge in [0, 0.05) is 31.8 Å². The minimum absolute atomic E-state index is 0.0106. The van der Waals surface area contributed by atoms with Crippen molar-refractivity contribution in [2.24, 2.45) is 13.0 Å². The van der Waals surface area contributed by atoms with Crippen molar-refractivity contribution >= 4 is 12.0 Å². The molecule has 0 radical (unpaired) electrons. The Morgan fingerprint density at radius 2 is 1.94 bits per heavy atom. The minimum atomic E-state index is -0.971. The maximum absolute atomic E-state index is 14.9. The molecule has 2 heterocycles. The van der Waals surface area contributed by atoms with Crippen LogP contribution in [0.2, 0.25) is 0 Å². The highest BCUT2D eigenvalue weighted by molar-refractivity contribution is 5.87. The van der Waals surface area contributed by atoms with Crippen molar-refractivity contribution in [3.05, 3.63) is 58.3 Å². The van der Waals surface area contributed by atoms with Crippen LogP contribution in [-0.4, -0.2) is 45.2 Å². The number of halogens is 1. The third-order valence-corrected chi connectivity index (χ3v) is 6.85. The second-order valence-electron chi connectivity index (χ2n) is 10.6. The standard InChI is InChI=1S/C27H31FN4O4/c1-27(2,3)36-26(35)32-21-8-7-19(12-21)24(32)25(34)30-20(15-29)11-18-6-5-16(13-22(18)28)17-9-10-31(4)23(33)14-17/h5-6,9-10,13-14,19-21,24H,7-8,11-12H2,1-4H3,(H,30,34)/t19-,20-,21+,24-/m0/s1. The average Bonchev–Trinajstić information content (AvgIpc) is 3.42. The lowest BCUT2D eigenvalue weighted by molar-refractivity contribution is -0.128. The van der Waals surface area contributed by atoms with E-state index in [9.17, 15) is 24.0 Å². The van der Waals surface area contributed by atoms with Gasteiger partial charge in [0.2, 0.25) is 5.91 Å². The van der Waals surface area contributed by atoms with E-state index in [4.69, 9.17) is 4.74 Å². The molecule has 36 heavy (non-hydrogen) atoms. The fourth-order valence-electron chi connectivity index (χ4n) is 5.13. The Balaban J connectivity index is 1.47. The van der Waals surface area contributed by atoms with Crippen molar-refractivity contribution in [1.29, 1.82) is 5.26 Å². The molecule has 1 aromatic carbocycles. The Labute approximate surface area is 209 Å². The SMILES string of the molecule is Cn1ccc(-c2ccc(C[C@@H](C#N)NC(=O)[C@@H]3[C@H]4CC[C@H](C4)N3C(=O)OC(C)(C)C)c(F)c2)cc1=O. The summed E-state index contributed by atoms with van der Waals surface area (Å²) in [6, 6.07) is 8.02. The summed E-state index contributed by atoms with van der Waals surface area (Å²) in [6.45, 7) is 5.33. The maximum Gasteiger partial charge on any atom is 0.411 e. The molecular weight excluding hydrogens is 463 g/mol. The molecule has 1 aliphatic carbocycles. The summed E-state index contributed by atoms with van der Waals surface area (Å²) in [5.41, 5.74) is 0.510. The number of piperidine rings is 1. The van der Waals surface area contributed by atoms with Crippen LogP contribution in [0.4, 0.5) is 9.18 Å². The van der Waals surface area contributed by atoms with Crippen LogP contribution in [0.3, 0.4) is 0 Å². The Bertz CT molecular complexity index is 1280. The molecule has 1 saturated carbocycles. The predicted octanol–water partition coefficient (Wildman–Crippen LogP) is 3.53. The molecule has 1 N–H and O–H groups in total. The van der Waals surface area contributed by atoms with Crippen molar-refractivity contribution in [2.75, 3.05) is 0 Å². The molecular formula is C27H31FN4O4. The molecule has 4 rings (SSSR count). The number of hydrogen-bond acceptors (Lipinski definition) is 5. The van der Waals surface area contributed by atoms with Crippen molar-refractivity contribution in [3.63, 3.8) is 0 Å². The van der Waals surface area contributed by atoms with Crippen molar-refractivity contribution in [3.8, 4) is 17.2 Å². The number of carbonyl (C=O) groups excluding carboxylic acids is 2. The molecule has 4 atom stereocenters. The van der Waals surface area contributed by atoms with Gasteiger partial charge in [0.1, 0.15) is 23.5 Å². The van der Waals surface area contributed by atoms with Gasteiger partial charge in [-0.1, -0.05) is 12.1 Å². The molecule has 2 aromatic rings. The number of hydrogen-bond donors (Lipinski definition) is 1. The van der Waals surface area contributed by atoms with Gasteiger partial charge in [-0.15, -0.1) is 0 Å². The van der Waals surface area contributed by atoms with E-state index in [0.717, 1.165) is 19.3 Å². The van der Waals surface area contributed by atoms with E-state index in [1.807, 2.05) is 6.07 Å². The first-order valence-electron chi connectivity index (χ1n) is 12.1. The number of pyridine rings is 1. The Kier molecular flexibility index (Phi) is 6.90. The second-order valence-corrected chi connectivity index (χ2v) is 10.6. The summed E-state index contributed by atoms with van der Waals surface area (Å²) < 4.78 is 21.9. The van der Waals surface area contributed by atoms with Crippen LogP contribution in [0.1, 0.15) is 45.6 Å². The van der Waals surface area contributed by atoms with E-state index >= 15 is 0 Å². The van der Waals surface area contributed by atoms with Gasteiger partial charge >= 0.3 is 6.09 Å². The topological polar surface area (TPSA) is 104 Å². The number of nitriles is 1. The van der Waals surface area contributed by atoms with Gasteiger partial charge in [0.25, 0.3) is 5.56 Å². The molecule has 1 aliphatic heterocycles. The number of amides is 2. The van der Waals surface area contributed by atoms with E-state index in [0.29, 0.717) is 11.1 Å². The highest BCUT2D eigenvalue weighted by atomic mass is 19.1. The third-order valence-electron chi connectivity index (χ3n) is 6.85. The molecule has 1 saturated heterocycles. The molecule has 1 aromatic heterocycles. The summed E-state index contributed by atoms with van der Waals surface area (Å²) in [4.78, 5) is 39.5. The van der Waals surface area contributed by atoms with Crippen LogP contribution in [0.15, 0.2) is 41.3 Å². The lowest BCUT2D eigenvalue weighted by atomic mass is 9.97. The number of aryl methyl sites for hydroxylation is 1. The molecule has 2 fully saturated rings. The van der Waals surface area contributed by atoms with E-state index < -0.39 is 35.5 Å². The Morgan fingerprint density at radius 3 is 2.58 bits per heavy atom. The van der Waals surface area contributed by atoms with Gasteiger partial charge in [-0.3, -0.25) is 14.5 Å². The molecule has 2 amide bonds. The molecule has 8 nitrogen and oxygen atoms in total. The van der Waals surface area contributed by atoms with Crippen LogP contribution < -0.4 is 10.9 Å². The number of nitrogens with one attached hydrogen (secondary N) is 1. The number of benzene rings is 1. The first-order valence-corrected chi connectivity index (χ1v) is 12.1. The summed E-state index contributed by atoms with van der Waals surface area (Å²) in [5, 5.41) is 12.4. The van der Waals surface area contributed by atoms with Crippen molar-refractivity contribution in [2.45, 2.75) is 70.2 Å². The van der Waals surface area contributed by atoms with E-state index in [-0.39, 0.29) is 29.5 Å². The van der Waals surface area contributed by atoms with Crippen LogP contribution in [-0.2, 0) is 23.0 Å². The highest BCUT2D eigenvalue weighted by Crippen LogP contribution is 2.43. The average molecular weight is 495 g/mol. The predicted molar refractivity (Wildman–Crippen MR) is 131 cm³/mol. The smallest absolute Gasteiger partial charge is 0.411 e. The molecule has 0 spiro atoms. The van der Waals surface area contributed by atoms with Crippen LogP contribution >= 0.6 is 0 Å². The number of fused-ring (bicyclic) bond motifs is 2. The molecule has 2 aliphatic rings. The van der Waals surface area contributed by atoms with Crippen LogP contribution in [0.25, 0.3) is 11.1 Å².